The highest BCUT2D eigenvalue weighted by Gasteiger charge is 2.42. The largest absolute Gasteiger partial charge is 0.548 e. The number of carboxylic acid groups (broad SMARTS) is 4. The van der Waals surface area contributed by atoms with E-state index in [2.05, 4.69) is 0 Å². The lowest BCUT2D eigenvalue weighted by atomic mass is 9.81. The van der Waals surface area contributed by atoms with Gasteiger partial charge < -0.3 is 39.5 Å². The second-order valence-corrected chi connectivity index (χ2v) is 5.94. The van der Waals surface area contributed by atoms with Crippen LogP contribution < -0.4 is 10.2 Å². The summed E-state index contributed by atoms with van der Waals surface area (Å²) < 4.78 is 10.3. The number of carbonyl (C=O) groups excluding carboxylic acids is 2. The van der Waals surface area contributed by atoms with Crippen molar-refractivity contribution in [3.05, 3.63) is 70.8 Å². The third-order valence-corrected chi connectivity index (χ3v) is 4.13. The van der Waals surface area contributed by atoms with Crippen LogP contribution in [-0.2, 0) is 24.7 Å². The lowest BCUT2D eigenvalue weighted by Gasteiger charge is -2.37. The Morgan fingerprint density at radius 3 is 1.67 bits per heavy atom. The van der Waals surface area contributed by atoms with Crippen LogP contribution in [0.4, 0.5) is 0 Å². The van der Waals surface area contributed by atoms with E-state index in [1.54, 1.807) is 0 Å². The molecule has 0 saturated carbocycles. The molecule has 0 saturated heterocycles. The van der Waals surface area contributed by atoms with Gasteiger partial charge in [-0.2, -0.15) is 0 Å². The molecule has 2 aromatic carbocycles. The summed E-state index contributed by atoms with van der Waals surface area (Å²) in [5.41, 5.74) is -4.26. The van der Waals surface area contributed by atoms with Gasteiger partial charge in [0.15, 0.2) is 5.60 Å². The molecular formula is C20H16O10-2. The van der Waals surface area contributed by atoms with Crippen molar-refractivity contribution in [1.29, 1.82) is 0 Å². The number of hydrogen-bond acceptors (Lipinski definition) is 8. The molecule has 0 aliphatic carbocycles. The van der Waals surface area contributed by atoms with Crippen LogP contribution in [0, 0.1) is 0 Å². The molecule has 0 aromatic heterocycles. The van der Waals surface area contributed by atoms with Crippen molar-refractivity contribution in [2.75, 3.05) is 19.8 Å². The van der Waals surface area contributed by atoms with Gasteiger partial charge in [-0.25, -0.2) is 9.59 Å². The molecule has 0 spiro atoms. The minimum Gasteiger partial charge on any atom is -0.548 e. The molecule has 10 heteroatoms. The molecule has 0 bridgehead atoms. The Bertz CT molecular complexity index is 908. The number of aliphatic carboxylic acids is 2. The van der Waals surface area contributed by atoms with Gasteiger partial charge >= 0.3 is 11.9 Å². The molecule has 10 nitrogen and oxygen atoms in total. The zero-order valence-electron chi connectivity index (χ0n) is 15.4. The van der Waals surface area contributed by atoms with Gasteiger partial charge in [0.1, 0.15) is 0 Å². The molecule has 2 aromatic rings. The lowest BCUT2D eigenvalue weighted by molar-refractivity contribution is -0.326. The molecule has 2 N–H and O–H groups in total. The summed E-state index contributed by atoms with van der Waals surface area (Å²) in [6.07, 6.45) is 0. The van der Waals surface area contributed by atoms with E-state index in [9.17, 15) is 39.6 Å². The average Bonchev–Trinajstić information content (AvgIpc) is 2.70. The quantitative estimate of drug-likeness (QED) is 0.426. The molecular weight excluding hydrogens is 400 g/mol. The Hall–Kier alpha value is -3.76. The predicted octanol–water partition coefficient (Wildman–Crippen LogP) is -1.14. The Balaban J connectivity index is 2.68. The zero-order chi connectivity index (χ0) is 22.3. The van der Waals surface area contributed by atoms with Gasteiger partial charge in [-0.15, -0.1) is 0 Å². The molecule has 0 heterocycles. The third-order valence-electron chi connectivity index (χ3n) is 4.13. The summed E-state index contributed by atoms with van der Waals surface area (Å²) in [5, 5.41) is 41.9. The summed E-state index contributed by atoms with van der Waals surface area (Å²) in [4.78, 5) is 46.2. The molecule has 0 fully saturated rings. The third kappa shape index (κ3) is 4.62. The number of ether oxygens (including phenoxy) is 2. The van der Waals surface area contributed by atoms with Crippen molar-refractivity contribution in [2.45, 2.75) is 5.60 Å². The van der Waals surface area contributed by atoms with Crippen molar-refractivity contribution in [2.24, 2.45) is 0 Å². The second kappa shape index (κ2) is 9.63. The van der Waals surface area contributed by atoms with E-state index in [1.807, 2.05) is 0 Å². The molecule has 0 atom stereocenters. The molecule has 0 radical (unpaired) electrons. The van der Waals surface area contributed by atoms with Crippen LogP contribution in [0.15, 0.2) is 48.5 Å². The van der Waals surface area contributed by atoms with Crippen molar-refractivity contribution in [1.82, 2.24) is 0 Å². The van der Waals surface area contributed by atoms with E-state index in [0.29, 0.717) is 0 Å². The Morgan fingerprint density at radius 2 is 1.27 bits per heavy atom. The smallest absolute Gasteiger partial charge is 0.336 e. The Morgan fingerprint density at radius 1 is 0.800 bits per heavy atom. The standard InChI is InChI=1S/C20H18O10/c21-16(22)11-29-9-10-30-20(19(27)28,14-7-3-1-5-12(14)17(23)24)15-8-4-2-6-13(15)18(25)26/h1-8H,9-11H2,(H,21,22)(H,23,24)(H,25,26)(H,27,28)/p-2. The first kappa shape index (κ1) is 22.5. The monoisotopic (exact) mass is 416 g/mol. The maximum atomic E-state index is 12.4. The predicted molar refractivity (Wildman–Crippen MR) is 94.4 cm³/mol. The van der Waals surface area contributed by atoms with Crippen molar-refractivity contribution in [3.63, 3.8) is 0 Å². The van der Waals surface area contributed by atoms with E-state index in [4.69, 9.17) is 9.47 Å². The fourth-order valence-corrected chi connectivity index (χ4v) is 2.94. The first-order valence-electron chi connectivity index (χ1n) is 8.50. The Labute approximate surface area is 169 Å². The summed E-state index contributed by atoms with van der Waals surface area (Å²) in [6.45, 7) is -1.70. The maximum absolute atomic E-state index is 12.4. The molecule has 0 aliphatic heterocycles. The fourth-order valence-electron chi connectivity index (χ4n) is 2.94. The van der Waals surface area contributed by atoms with Gasteiger partial charge in [-0.1, -0.05) is 36.4 Å². The van der Waals surface area contributed by atoms with Gasteiger partial charge in [0.2, 0.25) is 0 Å². The molecule has 0 unspecified atom stereocenters. The Kier molecular flexibility index (Phi) is 7.23. The van der Waals surface area contributed by atoms with Crippen LogP contribution in [0.3, 0.4) is 0 Å². The maximum Gasteiger partial charge on any atom is 0.336 e. The van der Waals surface area contributed by atoms with E-state index in [0.717, 1.165) is 12.1 Å². The topological polar surface area (TPSA) is 173 Å². The van der Waals surface area contributed by atoms with Gasteiger partial charge in [0.25, 0.3) is 0 Å². The number of aromatic carboxylic acids is 2. The van der Waals surface area contributed by atoms with E-state index >= 15 is 0 Å². The normalized spacial score (nSPS) is 11.1. The van der Waals surface area contributed by atoms with Crippen LogP contribution in [0.2, 0.25) is 0 Å². The number of carboxylic acids is 4. The average molecular weight is 416 g/mol. The molecule has 30 heavy (non-hydrogen) atoms. The highest BCUT2D eigenvalue weighted by atomic mass is 16.6. The fraction of sp³-hybridized carbons (Fsp3) is 0.200. The van der Waals surface area contributed by atoms with Crippen molar-refractivity contribution >= 4 is 23.9 Å². The van der Waals surface area contributed by atoms with Crippen LogP contribution in [-0.4, -0.2) is 53.9 Å². The molecule has 0 aliphatic rings. The minimum absolute atomic E-state index is 0.369. The first-order chi connectivity index (χ1) is 14.2. The summed E-state index contributed by atoms with van der Waals surface area (Å²) in [6, 6.07) is 10.0. The van der Waals surface area contributed by atoms with Crippen LogP contribution in [0.1, 0.15) is 31.8 Å². The van der Waals surface area contributed by atoms with Gasteiger partial charge in [0.05, 0.1) is 42.9 Å². The van der Waals surface area contributed by atoms with E-state index in [1.165, 1.54) is 36.4 Å². The second-order valence-electron chi connectivity index (χ2n) is 5.94. The number of carbonyl (C=O) groups is 4. The van der Waals surface area contributed by atoms with Gasteiger partial charge in [0, 0.05) is 11.1 Å². The SMILES string of the molecule is O=C([O-])COCCOC(C(=O)[O-])(c1ccccc1C(=O)O)c1ccccc1C(=O)O. The molecule has 158 valence electrons. The van der Waals surface area contributed by atoms with Gasteiger partial charge in [-0.05, 0) is 12.1 Å². The van der Waals surface area contributed by atoms with Gasteiger partial charge in [-0.3, -0.25) is 0 Å². The highest BCUT2D eigenvalue weighted by Crippen LogP contribution is 2.37. The summed E-state index contributed by atoms with van der Waals surface area (Å²) >= 11 is 0. The molecule has 0 amide bonds. The number of benzene rings is 2. The van der Waals surface area contributed by atoms with E-state index in [-0.39, 0.29) is 11.1 Å². The number of hydrogen-bond donors (Lipinski definition) is 2. The number of rotatable bonds is 11. The van der Waals surface area contributed by atoms with E-state index < -0.39 is 60.4 Å². The minimum atomic E-state index is -2.63. The van der Waals surface area contributed by atoms with Crippen LogP contribution >= 0.6 is 0 Å². The summed E-state index contributed by atoms with van der Waals surface area (Å²) in [5.74, 6) is -6.36. The summed E-state index contributed by atoms with van der Waals surface area (Å²) in [7, 11) is 0. The zero-order valence-corrected chi connectivity index (χ0v) is 15.4. The van der Waals surface area contributed by atoms with Crippen LogP contribution in [0.25, 0.3) is 0 Å². The first-order valence-corrected chi connectivity index (χ1v) is 8.50. The molecule has 2 rings (SSSR count). The van der Waals surface area contributed by atoms with Crippen LogP contribution in [0.5, 0.6) is 0 Å². The van der Waals surface area contributed by atoms with Crippen molar-refractivity contribution < 1.29 is 49.1 Å². The highest BCUT2D eigenvalue weighted by molar-refractivity contribution is 5.97. The lowest BCUT2D eigenvalue weighted by Crippen LogP contribution is -2.51. The van der Waals surface area contributed by atoms with Crippen molar-refractivity contribution in [3.8, 4) is 0 Å².